The zero-order chi connectivity index (χ0) is 15.2. The molecular weight excluding hydrogens is 254 g/mol. The molecule has 1 amide bonds. The number of ether oxygens (including phenoxy) is 1. The first-order valence-electron chi connectivity index (χ1n) is 6.49. The number of hydrogen-bond donors (Lipinski definition) is 1. The zero-order valence-corrected chi connectivity index (χ0v) is 12.4. The second-order valence-electron chi connectivity index (χ2n) is 5.65. The maximum atomic E-state index is 11.5. The number of benzene rings is 1. The first kappa shape index (κ1) is 16.0. The highest BCUT2D eigenvalue weighted by Gasteiger charge is 2.14. The number of rotatable bonds is 4. The molecule has 0 aliphatic carbocycles. The van der Waals surface area contributed by atoms with Crippen LogP contribution in [0.1, 0.15) is 31.9 Å². The Hall–Kier alpha value is -2.10. The minimum Gasteiger partial charge on any atom is -0.452 e. The lowest BCUT2D eigenvalue weighted by molar-refractivity contribution is -0.144. The van der Waals surface area contributed by atoms with E-state index in [-0.39, 0.29) is 18.1 Å². The molecule has 0 atom stereocenters. The minimum atomic E-state index is -0.532. The van der Waals surface area contributed by atoms with Crippen molar-refractivity contribution in [1.82, 2.24) is 5.32 Å². The Balaban J connectivity index is 2.42. The average Bonchev–Trinajstić information content (AvgIpc) is 2.32. The smallest absolute Gasteiger partial charge is 0.331 e. The van der Waals surface area contributed by atoms with Crippen LogP contribution in [-0.2, 0) is 14.3 Å². The Morgan fingerprint density at radius 3 is 2.60 bits per heavy atom. The van der Waals surface area contributed by atoms with Gasteiger partial charge in [-0.2, -0.15) is 0 Å². The van der Waals surface area contributed by atoms with E-state index in [1.165, 1.54) is 6.08 Å². The Morgan fingerprint density at radius 1 is 1.30 bits per heavy atom. The third kappa shape index (κ3) is 6.73. The molecule has 0 heterocycles. The summed E-state index contributed by atoms with van der Waals surface area (Å²) in [5, 5.41) is 2.72. The third-order valence-corrected chi connectivity index (χ3v) is 2.31. The van der Waals surface area contributed by atoms with Gasteiger partial charge in [-0.15, -0.1) is 0 Å². The maximum absolute atomic E-state index is 11.5. The van der Waals surface area contributed by atoms with Gasteiger partial charge in [-0.1, -0.05) is 29.8 Å². The summed E-state index contributed by atoms with van der Waals surface area (Å²) in [6.45, 7) is 7.31. The Kier molecular flexibility index (Phi) is 5.50. The molecule has 0 saturated carbocycles. The molecule has 0 spiro atoms. The first-order valence-corrected chi connectivity index (χ1v) is 6.49. The number of nitrogens with one attached hydrogen (secondary N) is 1. The van der Waals surface area contributed by atoms with E-state index >= 15 is 0 Å². The molecule has 0 aliphatic heterocycles. The van der Waals surface area contributed by atoms with Gasteiger partial charge in [-0.05, 0) is 39.3 Å². The van der Waals surface area contributed by atoms with Crippen molar-refractivity contribution in [2.75, 3.05) is 6.61 Å². The van der Waals surface area contributed by atoms with E-state index in [0.29, 0.717) is 0 Å². The summed E-state index contributed by atoms with van der Waals surface area (Å²) in [5.41, 5.74) is 1.70. The fraction of sp³-hybridized carbons (Fsp3) is 0.375. The molecule has 4 heteroatoms. The predicted octanol–water partition coefficient (Wildman–Crippen LogP) is 2.47. The fourth-order valence-electron chi connectivity index (χ4n) is 1.58. The molecule has 0 aromatic heterocycles. The van der Waals surface area contributed by atoms with E-state index in [1.54, 1.807) is 6.08 Å². The van der Waals surface area contributed by atoms with Crippen LogP contribution in [0.15, 0.2) is 30.3 Å². The van der Waals surface area contributed by atoms with E-state index in [0.717, 1.165) is 11.1 Å². The molecule has 108 valence electrons. The van der Waals surface area contributed by atoms with E-state index in [4.69, 9.17) is 4.74 Å². The van der Waals surface area contributed by atoms with E-state index in [1.807, 2.05) is 52.0 Å². The van der Waals surface area contributed by atoms with Gasteiger partial charge < -0.3 is 10.1 Å². The van der Waals surface area contributed by atoms with Gasteiger partial charge in [0.1, 0.15) is 0 Å². The fourth-order valence-corrected chi connectivity index (χ4v) is 1.58. The van der Waals surface area contributed by atoms with E-state index in [9.17, 15) is 9.59 Å². The SMILES string of the molecule is Cc1cccc(/C=C/C(=O)OCC(=O)NC(C)(C)C)c1. The molecule has 0 aliphatic rings. The topological polar surface area (TPSA) is 55.4 Å². The second-order valence-corrected chi connectivity index (χ2v) is 5.65. The molecular formula is C16H21NO3. The van der Waals surface area contributed by atoms with Gasteiger partial charge in [0.25, 0.3) is 5.91 Å². The van der Waals surface area contributed by atoms with Gasteiger partial charge >= 0.3 is 5.97 Å². The van der Waals surface area contributed by atoms with Gasteiger partial charge in [0.15, 0.2) is 6.61 Å². The van der Waals surface area contributed by atoms with Crippen molar-refractivity contribution in [3.63, 3.8) is 0 Å². The number of carbonyl (C=O) groups is 2. The summed E-state index contributed by atoms with van der Waals surface area (Å²) in [5.74, 6) is -0.842. The summed E-state index contributed by atoms with van der Waals surface area (Å²) < 4.78 is 4.86. The van der Waals surface area contributed by atoms with Crippen LogP contribution in [0.5, 0.6) is 0 Å². The maximum Gasteiger partial charge on any atom is 0.331 e. The zero-order valence-electron chi connectivity index (χ0n) is 12.4. The largest absolute Gasteiger partial charge is 0.452 e. The van der Waals surface area contributed by atoms with Gasteiger partial charge in [-0.25, -0.2) is 4.79 Å². The molecule has 0 fully saturated rings. The highest BCUT2D eigenvalue weighted by molar-refractivity contribution is 5.89. The number of carbonyl (C=O) groups excluding carboxylic acids is 2. The number of esters is 1. The van der Waals surface area contributed by atoms with E-state index in [2.05, 4.69) is 5.32 Å². The molecule has 1 aromatic carbocycles. The third-order valence-electron chi connectivity index (χ3n) is 2.31. The average molecular weight is 275 g/mol. The van der Waals surface area contributed by atoms with Gasteiger partial charge in [-0.3, -0.25) is 4.79 Å². The molecule has 1 aromatic rings. The lowest BCUT2D eigenvalue weighted by atomic mass is 10.1. The van der Waals surface area contributed by atoms with Crippen LogP contribution in [0.25, 0.3) is 6.08 Å². The number of amides is 1. The van der Waals surface area contributed by atoms with Crippen LogP contribution in [-0.4, -0.2) is 24.0 Å². The highest BCUT2D eigenvalue weighted by Crippen LogP contribution is 2.05. The van der Waals surface area contributed by atoms with Crippen molar-refractivity contribution in [2.24, 2.45) is 0 Å². The van der Waals surface area contributed by atoms with Crippen molar-refractivity contribution in [3.05, 3.63) is 41.5 Å². The summed E-state index contributed by atoms with van der Waals surface area (Å²) >= 11 is 0. The van der Waals surface area contributed by atoms with Crippen LogP contribution < -0.4 is 5.32 Å². The summed E-state index contributed by atoms with van der Waals surface area (Å²) in [6.07, 6.45) is 2.98. The molecule has 0 radical (unpaired) electrons. The van der Waals surface area contributed by atoms with Crippen molar-refractivity contribution >= 4 is 18.0 Å². The monoisotopic (exact) mass is 275 g/mol. The highest BCUT2D eigenvalue weighted by atomic mass is 16.5. The summed E-state index contributed by atoms with van der Waals surface area (Å²) in [7, 11) is 0. The Labute approximate surface area is 119 Å². The van der Waals surface area contributed by atoms with Crippen molar-refractivity contribution < 1.29 is 14.3 Å². The molecule has 1 rings (SSSR count). The van der Waals surface area contributed by atoms with Crippen LogP contribution in [0, 0.1) is 6.92 Å². The predicted molar refractivity (Wildman–Crippen MR) is 79.1 cm³/mol. The van der Waals surface area contributed by atoms with Crippen LogP contribution in [0.2, 0.25) is 0 Å². The van der Waals surface area contributed by atoms with Crippen molar-refractivity contribution in [1.29, 1.82) is 0 Å². The second kappa shape index (κ2) is 6.89. The lowest BCUT2D eigenvalue weighted by Gasteiger charge is -2.20. The first-order chi connectivity index (χ1) is 9.26. The van der Waals surface area contributed by atoms with Gasteiger partial charge in [0.05, 0.1) is 0 Å². The molecule has 0 saturated heterocycles. The van der Waals surface area contributed by atoms with Crippen molar-refractivity contribution in [2.45, 2.75) is 33.2 Å². The summed E-state index contributed by atoms with van der Waals surface area (Å²) in [6, 6.07) is 7.74. The van der Waals surface area contributed by atoms with E-state index < -0.39 is 5.97 Å². The summed E-state index contributed by atoms with van der Waals surface area (Å²) in [4.78, 5) is 23.0. The number of aryl methyl sites for hydroxylation is 1. The van der Waals surface area contributed by atoms with Crippen molar-refractivity contribution in [3.8, 4) is 0 Å². The Morgan fingerprint density at radius 2 is 2.00 bits per heavy atom. The quantitative estimate of drug-likeness (QED) is 0.678. The van der Waals surface area contributed by atoms with Gasteiger partial charge in [0, 0.05) is 11.6 Å². The lowest BCUT2D eigenvalue weighted by Crippen LogP contribution is -2.42. The van der Waals surface area contributed by atoms with Gasteiger partial charge in [0.2, 0.25) is 0 Å². The molecule has 0 bridgehead atoms. The molecule has 0 unspecified atom stereocenters. The standard InChI is InChI=1S/C16H21NO3/c1-12-6-5-7-13(10-12)8-9-15(19)20-11-14(18)17-16(2,3)4/h5-10H,11H2,1-4H3,(H,17,18)/b9-8+. The van der Waals surface area contributed by atoms with Crippen LogP contribution >= 0.6 is 0 Å². The molecule has 20 heavy (non-hydrogen) atoms. The minimum absolute atomic E-state index is 0.270. The van der Waals surface area contributed by atoms with Crippen LogP contribution in [0.3, 0.4) is 0 Å². The normalized spacial score (nSPS) is 11.4. The number of hydrogen-bond acceptors (Lipinski definition) is 3. The Bertz CT molecular complexity index is 513. The van der Waals surface area contributed by atoms with Crippen LogP contribution in [0.4, 0.5) is 0 Å². The molecule has 1 N–H and O–H groups in total. The molecule has 4 nitrogen and oxygen atoms in total.